The molecule has 0 saturated carbocycles. The van der Waals surface area contributed by atoms with Gasteiger partial charge in [-0.25, -0.2) is 10.7 Å². The summed E-state index contributed by atoms with van der Waals surface area (Å²) < 4.78 is 4.47. The standard InChI is InChI=1S/C9H12N2O3/c1-13-9(12)11-8-5-3-2-4-7(8)6-14-10/h2-5H,6,10H2,1H3,(H,11,12). The Labute approximate surface area is 81.8 Å². The average molecular weight is 196 g/mol. The number of carbonyl (C=O) groups excluding carboxylic acids is 1. The first kappa shape index (κ1) is 10.5. The molecule has 0 aliphatic rings. The molecule has 1 rings (SSSR count). The lowest BCUT2D eigenvalue weighted by Gasteiger charge is -2.08. The lowest BCUT2D eigenvalue weighted by molar-refractivity contribution is 0.124. The summed E-state index contributed by atoms with van der Waals surface area (Å²) in [5.74, 6) is 4.95. The fourth-order valence-corrected chi connectivity index (χ4v) is 1.02. The number of benzene rings is 1. The fraction of sp³-hybridized carbons (Fsp3) is 0.222. The highest BCUT2D eigenvalue weighted by Crippen LogP contribution is 2.15. The molecule has 0 aliphatic carbocycles. The fourth-order valence-electron chi connectivity index (χ4n) is 1.02. The van der Waals surface area contributed by atoms with Gasteiger partial charge in [-0.05, 0) is 6.07 Å². The maximum absolute atomic E-state index is 10.9. The van der Waals surface area contributed by atoms with Crippen molar-refractivity contribution in [3.63, 3.8) is 0 Å². The summed E-state index contributed by atoms with van der Waals surface area (Å²) in [5.41, 5.74) is 1.42. The van der Waals surface area contributed by atoms with Gasteiger partial charge >= 0.3 is 6.09 Å². The van der Waals surface area contributed by atoms with Crippen LogP contribution in [0.3, 0.4) is 0 Å². The number of ether oxygens (including phenoxy) is 1. The van der Waals surface area contributed by atoms with E-state index in [-0.39, 0.29) is 6.61 Å². The molecule has 0 radical (unpaired) electrons. The number of amides is 1. The number of nitrogens with one attached hydrogen (secondary N) is 1. The predicted molar refractivity (Wildman–Crippen MR) is 51.4 cm³/mol. The molecular weight excluding hydrogens is 184 g/mol. The van der Waals surface area contributed by atoms with Gasteiger partial charge in [0.1, 0.15) is 0 Å². The number of anilines is 1. The molecule has 5 heteroatoms. The van der Waals surface area contributed by atoms with Gasteiger partial charge in [-0.15, -0.1) is 0 Å². The van der Waals surface area contributed by atoms with Crippen molar-refractivity contribution in [1.82, 2.24) is 0 Å². The monoisotopic (exact) mass is 196 g/mol. The van der Waals surface area contributed by atoms with Crippen LogP contribution in [-0.2, 0) is 16.2 Å². The smallest absolute Gasteiger partial charge is 0.411 e. The molecule has 0 aromatic heterocycles. The lowest BCUT2D eigenvalue weighted by Crippen LogP contribution is -2.13. The van der Waals surface area contributed by atoms with Gasteiger partial charge in [-0.2, -0.15) is 0 Å². The van der Waals surface area contributed by atoms with Crippen LogP contribution in [0.4, 0.5) is 10.5 Å². The molecule has 0 unspecified atom stereocenters. The Morgan fingerprint density at radius 3 is 2.86 bits per heavy atom. The van der Waals surface area contributed by atoms with Crippen LogP contribution in [0.5, 0.6) is 0 Å². The highest BCUT2D eigenvalue weighted by molar-refractivity contribution is 5.85. The number of carbonyl (C=O) groups is 1. The first-order chi connectivity index (χ1) is 6.77. The highest BCUT2D eigenvalue weighted by atomic mass is 16.6. The molecule has 0 atom stereocenters. The molecule has 1 amide bonds. The molecule has 0 fully saturated rings. The summed E-state index contributed by atoms with van der Waals surface area (Å²) in [4.78, 5) is 15.4. The van der Waals surface area contributed by atoms with Gasteiger partial charge in [0.05, 0.1) is 13.7 Å². The van der Waals surface area contributed by atoms with Crippen molar-refractivity contribution in [1.29, 1.82) is 0 Å². The Morgan fingerprint density at radius 1 is 1.50 bits per heavy atom. The minimum Gasteiger partial charge on any atom is -0.453 e. The Bertz CT molecular complexity index is 315. The molecule has 0 heterocycles. The van der Waals surface area contributed by atoms with E-state index < -0.39 is 6.09 Å². The van der Waals surface area contributed by atoms with E-state index in [1.807, 2.05) is 6.07 Å². The van der Waals surface area contributed by atoms with Crippen LogP contribution in [0.1, 0.15) is 5.56 Å². The minimum absolute atomic E-state index is 0.236. The zero-order valence-corrected chi connectivity index (χ0v) is 7.82. The van der Waals surface area contributed by atoms with Gasteiger partial charge in [0.2, 0.25) is 0 Å². The maximum atomic E-state index is 10.9. The van der Waals surface area contributed by atoms with E-state index in [2.05, 4.69) is 14.9 Å². The Balaban J connectivity index is 2.78. The molecule has 3 N–H and O–H groups in total. The molecule has 14 heavy (non-hydrogen) atoms. The van der Waals surface area contributed by atoms with Gasteiger partial charge in [-0.3, -0.25) is 10.2 Å². The van der Waals surface area contributed by atoms with Crippen molar-refractivity contribution < 1.29 is 14.4 Å². The number of hydrogen-bond acceptors (Lipinski definition) is 4. The second kappa shape index (κ2) is 5.21. The first-order valence-corrected chi connectivity index (χ1v) is 4.02. The van der Waals surface area contributed by atoms with Crippen molar-refractivity contribution >= 4 is 11.8 Å². The van der Waals surface area contributed by atoms with Crippen molar-refractivity contribution in [2.24, 2.45) is 5.90 Å². The summed E-state index contributed by atoms with van der Waals surface area (Å²) >= 11 is 0. The molecule has 76 valence electrons. The van der Waals surface area contributed by atoms with Crippen molar-refractivity contribution in [3.8, 4) is 0 Å². The summed E-state index contributed by atoms with van der Waals surface area (Å²) in [5, 5.41) is 2.55. The molecule has 0 saturated heterocycles. The number of nitrogens with two attached hydrogens (primary N) is 1. The number of para-hydroxylation sites is 1. The molecule has 0 bridgehead atoms. The third-order valence-corrected chi connectivity index (χ3v) is 1.68. The Hall–Kier alpha value is -1.59. The summed E-state index contributed by atoms with van der Waals surface area (Å²) in [6.45, 7) is 0.236. The molecule has 0 spiro atoms. The lowest BCUT2D eigenvalue weighted by atomic mass is 10.2. The van der Waals surface area contributed by atoms with Gasteiger partial charge in [0, 0.05) is 11.3 Å². The van der Waals surface area contributed by atoms with Crippen molar-refractivity contribution in [2.45, 2.75) is 6.61 Å². The summed E-state index contributed by atoms with van der Waals surface area (Å²) in [6.07, 6.45) is -0.519. The van der Waals surface area contributed by atoms with E-state index in [4.69, 9.17) is 5.90 Å². The van der Waals surface area contributed by atoms with E-state index in [1.54, 1.807) is 18.2 Å². The van der Waals surface area contributed by atoms with E-state index in [9.17, 15) is 4.79 Å². The van der Waals surface area contributed by atoms with Crippen LogP contribution in [0.25, 0.3) is 0 Å². The van der Waals surface area contributed by atoms with E-state index >= 15 is 0 Å². The Kier molecular flexibility index (Phi) is 3.90. The number of hydrogen-bond donors (Lipinski definition) is 2. The largest absolute Gasteiger partial charge is 0.453 e. The predicted octanol–water partition coefficient (Wildman–Crippen LogP) is 1.26. The van der Waals surface area contributed by atoms with E-state index in [0.717, 1.165) is 5.56 Å². The zero-order chi connectivity index (χ0) is 10.4. The highest BCUT2D eigenvalue weighted by Gasteiger charge is 2.05. The topological polar surface area (TPSA) is 73.6 Å². The van der Waals surface area contributed by atoms with Gasteiger partial charge < -0.3 is 4.74 Å². The molecule has 5 nitrogen and oxygen atoms in total. The van der Waals surface area contributed by atoms with Crippen LogP contribution in [0.15, 0.2) is 24.3 Å². The van der Waals surface area contributed by atoms with E-state index in [1.165, 1.54) is 7.11 Å². The quantitative estimate of drug-likeness (QED) is 0.713. The van der Waals surface area contributed by atoms with Crippen molar-refractivity contribution in [2.75, 3.05) is 12.4 Å². The van der Waals surface area contributed by atoms with Crippen LogP contribution < -0.4 is 11.2 Å². The number of rotatable bonds is 3. The molecule has 0 aliphatic heterocycles. The normalized spacial score (nSPS) is 9.57. The van der Waals surface area contributed by atoms with Crippen LogP contribution in [0, 0.1) is 0 Å². The van der Waals surface area contributed by atoms with Crippen LogP contribution >= 0.6 is 0 Å². The van der Waals surface area contributed by atoms with Crippen LogP contribution in [-0.4, -0.2) is 13.2 Å². The van der Waals surface area contributed by atoms with E-state index in [0.29, 0.717) is 5.69 Å². The first-order valence-electron chi connectivity index (χ1n) is 4.02. The third-order valence-electron chi connectivity index (χ3n) is 1.68. The Morgan fingerprint density at radius 2 is 2.21 bits per heavy atom. The summed E-state index contributed by atoms with van der Waals surface area (Å²) in [6, 6.07) is 7.17. The molecular formula is C9H12N2O3. The van der Waals surface area contributed by atoms with Crippen molar-refractivity contribution in [3.05, 3.63) is 29.8 Å². The van der Waals surface area contributed by atoms with Gasteiger partial charge in [0.15, 0.2) is 0 Å². The molecule has 1 aromatic rings. The second-order valence-electron chi connectivity index (χ2n) is 2.58. The zero-order valence-electron chi connectivity index (χ0n) is 7.82. The minimum atomic E-state index is -0.519. The van der Waals surface area contributed by atoms with Gasteiger partial charge in [0.25, 0.3) is 0 Å². The number of methoxy groups -OCH3 is 1. The SMILES string of the molecule is COC(=O)Nc1ccccc1CON. The van der Waals surface area contributed by atoms with Gasteiger partial charge in [-0.1, -0.05) is 18.2 Å². The molecule has 1 aromatic carbocycles. The average Bonchev–Trinajstić information content (AvgIpc) is 2.21. The third kappa shape index (κ3) is 2.72. The second-order valence-corrected chi connectivity index (χ2v) is 2.58. The maximum Gasteiger partial charge on any atom is 0.411 e. The van der Waals surface area contributed by atoms with Crippen LogP contribution in [0.2, 0.25) is 0 Å². The summed E-state index contributed by atoms with van der Waals surface area (Å²) in [7, 11) is 1.30.